The molecule has 0 unspecified atom stereocenters. The monoisotopic (exact) mass is 662 g/mol. The molecule has 0 radical (unpaired) electrons. The second kappa shape index (κ2) is 14.6. The smallest absolute Gasteiger partial charge is 0.475 e. The van der Waals surface area contributed by atoms with Crippen LogP contribution in [0.5, 0.6) is 0 Å². The molecule has 4 rings (SSSR count). The molecule has 0 aromatic heterocycles. The van der Waals surface area contributed by atoms with Gasteiger partial charge in [0.15, 0.2) is 0 Å². The van der Waals surface area contributed by atoms with Gasteiger partial charge in [0.05, 0.1) is 12.6 Å². The van der Waals surface area contributed by atoms with Gasteiger partial charge in [-0.15, -0.1) is 4.28 Å². The second-order valence-corrected chi connectivity index (χ2v) is 10.3. The van der Waals surface area contributed by atoms with Crippen molar-refractivity contribution in [1.29, 1.82) is 0 Å². The molecule has 3 amide bonds. The molecular formula is C19H28F6N6O11S. The fourth-order valence-corrected chi connectivity index (χ4v) is 4.80. The summed E-state index contributed by atoms with van der Waals surface area (Å²) in [6.45, 7) is 3.32. The first-order valence-corrected chi connectivity index (χ1v) is 13.6. The summed E-state index contributed by atoms with van der Waals surface area (Å²) in [5.41, 5.74) is 5.75. The molecule has 0 spiro atoms. The minimum atomic E-state index is -5.08. The molecule has 248 valence electrons. The first-order chi connectivity index (χ1) is 19.7. The Labute approximate surface area is 238 Å². The fraction of sp³-hybridized carbons (Fsp3) is 0.789. The number of hydrazine groups is 1. The van der Waals surface area contributed by atoms with E-state index in [4.69, 9.17) is 29.2 Å². The predicted octanol–water partition coefficient (Wildman–Crippen LogP) is -0.755. The van der Waals surface area contributed by atoms with E-state index in [2.05, 4.69) is 25.5 Å². The van der Waals surface area contributed by atoms with Crippen molar-refractivity contribution in [2.24, 2.45) is 0 Å². The van der Waals surface area contributed by atoms with Crippen LogP contribution in [-0.2, 0) is 33.9 Å². The molecule has 2 bridgehead atoms. The predicted molar refractivity (Wildman–Crippen MR) is 124 cm³/mol. The number of carboxylic acids is 2. The Bertz CT molecular complexity index is 1100. The third-order valence-corrected chi connectivity index (χ3v) is 6.62. The lowest BCUT2D eigenvalue weighted by Crippen LogP contribution is -2.50. The van der Waals surface area contributed by atoms with Crippen molar-refractivity contribution >= 4 is 34.3 Å². The quantitative estimate of drug-likeness (QED) is 0.112. The van der Waals surface area contributed by atoms with Gasteiger partial charge < -0.3 is 20.4 Å². The van der Waals surface area contributed by atoms with Gasteiger partial charge in [-0.05, 0) is 25.7 Å². The van der Waals surface area contributed by atoms with Crippen molar-refractivity contribution < 1.29 is 77.8 Å². The summed E-state index contributed by atoms with van der Waals surface area (Å²) >= 11 is 0. The summed E-state index contributed by atoms with van der Waals surface area (Å²) in [7, 11) is -4.81. The van der Waals surface area contributed by atoms with Gasteiger partial charge in [-0.2, -0.15) is 39.8 Å². The molecule has 0 aliphatic carbocycles. The van der Waals surface area contributed by atoms with E-state index >= 15 is 0 Å². The number of carbonyl (C=O) groups is 4. The maximum Gasteiger partial charge on any atom is 0.490 e. The van der Waals surface area contributed by atoms with Crippen LogP contribution < -0.4 is 16.2 Å². The average molecular weight is 663 g/mol. The van der Waals surface area contributed by atoms with Crippen LogP contribution in [0.15, 0.2) is 0 Å². The number of halogens is 6. The third kappa shape index (κ3) is 11.2. The van der Waals surface area contributed by atoms with Gasteiger partial charge in [-0.25, -0.2) is 24.9 Å². The number of piperidine rings is 1. The van der Waals surface area contributed by atoms with E-state index in [0.717, 1.165) is 32.5 Å². The van der Waals surface area contributed by atoms with Gasteiger partial charge in [-0.1, -0.05) is 0 Å². The number of carbonyl (C=O) groups excluding carboxylic acids is 2. The van der Waals surface area contributed by atoms with Crippen molar-refractivity contribution in [3.63, 3.8) is 0 Å². The largest absolute Gasteiger partial charge is 0.490 e. The Kier molecular flexibility index (Phi) is 12.3. The first kappa shape index (κ1) is 36.2. The van der Waals surface area contributed by atoms with Crippen molar-refractivity contribution in [2.45, 2.75) is 62.2 Å². The summed E-state index contributed by atoms with van der Waals surface area (Å²) in [6.07, 6.45) is -7.43. The SMILES string of the molecule is O=C(NOC[C@H]1C[C@@H](N2CCCN2)CN1)[C@@H]1CC[C@@H]2CN1C(=O)N2OS(=O)(=O)O.O=C(O)C(F)(F)F.O=C(O)C(F)(F)F. The van der Waals surface area contributed by atoms with Gasteiger partial charge in [-0.3, -0.25) is 19.6 Å². The van der Waals surface area contributed by atoms with Crippen LogP contribution in [-0.4, -0.2) is 131 Å². The molecule has 4 fully saturated rings. The molecule has 0 saturated carbocycles. The number of hydrogen-bond acceptors (Lipinski definition) is 11. The maximum absolute atomic E-state index is 12.5. The molecule has 4 saturated heterocycles. The highest BCUT2D eigenvalue weighted by atomic mass is 32.3. The zero-order chi connectivity index (χ0) is 32.8. The Morgan fingerprint density at radius 3 is 2.09 bits per heavy atom. The van der Waals surface area contributed by atoms with E-state index in [-0.39, 0.29) is 12.6 Å². The molecule has 4 atom stereocenters. The molecule has 17 nitrogen and oxygen atoms in total. The van der Waals surface area contributed by atoms with Crippen LogP contribution >= 0.6 is 0 Å². The minimum absolute atomic E-state index is 0.116. The van der Waals surface area contributed by atoms with Crippen molar-refractivity contribution in [3.05, 3.63) is 0 Å². The number of hydrogen-bond donors (Lipinski definition) is 6. The van der Waals surface area contributed by atoms with E-state index in [1.54, 1.807) is 0 Å². The molecule has 43 heavy (non-hydrogen) atoms. The Morgan fingerprint density at radius 1 is 1.02 bits per heavy atom. The van der Waals surface area contributed by atoms with Crippen LogP contribution in [0.1, 0.15) is 25.7 Å². The third-order valence-electron chi connectivity index (χ3n) is 6.27. The lowest BCUT2D eigenvalue weighted by atomic mass is 10.0. The van der Waals surface area contributed by atoms with Crippen LogP contribution in [0.25, 0.3) is 0 Å². The van der Waals surface area contributed by atoms with Gasteiger partial charge in [0, 0.05) is 38.3 Å². The highest BCUT2D eigenvalue weighted by Crippen LogP contribution is 2.30. The molecule has 0 aromatic carbocycles. The van der Waals surface area contributed by atoms with E-state index in [0.29, 0.717) is 30.6 Å². The number of rotatable bonds is 7. The van der Waals surface area contributed by atoms with E-state index < -0.39 is 58.7 Å². The summed E-state index contributed by atoms with van der Waals surface area (Å²) in [4.78, 5) is 49.2. The van der Waals surface area contributed by atoms with Crippen molar-refractivity contribution in [2.75, 3.05) is 32.8 Å². The van der Waals surface area contributed by atoms with E-state index in [9.17, 15) is 44.3 Å². The summed E-state index contributed by atoms with van der Waals surface area (Å²) in [5, 5.41) is 20.5. The highest BCUT2D eigenvalue weighted by Gasteiger charge is 2.49. The number of nitrogens with zero attached hydrogens (tertiary/aromatic N) is 3. The van der Waals surface area contributed by atoms with Gasteiger partial charge in [0.2, 0.25) is 0 Å². The van der Waals surface area contributed by atoms with E-state index in [1.807, 2.05) is 0 Å². The molecule has 4 aliphatic rings. The molecule has 4 heterocycles. The number of carboxylic acid groups (broad SMARTS) is 2. The highest BCUT2D eigenvalue weighted by molar-refractivity contribution is 7.80. The van der Waals surface area contributed by atoms with E-state index in [1.165, 1.54) is 4.90 Å². The molecule has 6 N–H and O–H groups in total. The fourth-order valence-electron chi connectivity index (χ4n) is 4.41. The van der Waals surface area contributed by atoms with Crippen molar-refractivity contribution in [3.8, 4) is 0 Å². The summed E-state index contributed by atoms with van der Waals surface area (Å²) in [6, 6.07) is -1.58. The normalized spacial score (nSPS) is 25.9. The number of amides is 3. The standard InChI is InChI=1S/C15H26N6O7S.2C2HF3O2/c22-14(18-27-9-10-6-12(7-16-10)20-5-1-4-17-20)13-3-2-11-8-19(13)15(23)21(11)28-29(24,25)26;2*3-2(4,5)1(6)7/h10-13,16-17H,1-9H2,(H,18,22)(H,24,25,26);2*(H,6,7)/t10-,11-,12-,13+;;/m1../s1. The van der Waals surface area contributed by atoms with Crippen LogP contribution in [0, 0.1) is 0 Å². The number of alkyl halides is 6. The topological polar surface area (TPSA) is 227 Å². The number of hydroxylamine groups is 3. The first-order valence-electron chi connectivity index (χ1n) is 12.2. The molecule has 0 aromatic rings. The summed E-state index contributed by atoms with van der Waals surface area (Å²) in [5.74, 6) is -5.98. The lowest BCUT2D eigenvalue weighted by molar-refractivity contribution is -0.193. The minimum Gasteiger partial charge on any atom is -0.475 e. The van der Waals surface area contributed by atoms with Crippen LogP contribution in [0.3, 0.4) is 0 Å². The van der Waals surface area contributed by atoms with Crippen LogP contribution in [0.4, 0.5) is 31.1 Å². The van der Waals surface area contributed by atoms with Crippen molar-refractivity contribution in [1.82, 2.24) is 31.2 Å². The van der Waals surface area contributed by atoms with Crippen LogP contribution in [0.2, 0.25) is 0 Å². The molecule has 4 aliphatic heterocycles. The van der Waals surface area contributed by atoms with Gasteiger partial charge >= 0.3 is 40.7 Å². The summed E-state index contributed by atoms with van der Waals surface area (Å²) < 4.78 is 98.5. The second-order valence-electron chi connectivity index (χ2n) is 9.34. The Morgan fingerprint density at radius 2 is 1.60 bits per heavy atom. The number of nitrogens with one attached hydrogen (secondary N) is 3. The Balaban J connectivity index is 0.000000384. The zero-order valence-electron chi connectivity index (χ0n) is 21.8. The average Bonchev–Trinajstić information content (AvgIpc) is 3.61. The van der Waals surface area contributed by atoms with Gasteiger partial charge in [0.1, 0.15) is 6.04 Å². The number of urea groups is 1. The zero-order valence-corrected chi connectivity index (χ0v) is 22.6. The Hall–Kier alpha value is -3.03. The van der Waals surface area contributed by atoms with Gasteiger partial charge in [0.25, 0.3) is 5.91 Å². The number of aliphatic carboxylic acids is 2. The molecule has 24 heteroatoms. The maximum atomic E-state index is 12.5. The lowest BCUT2D eigenvalue weighted by Gasteiger charge is -2.29. The number of fused-ring (bicyclic) bond motifs is 2. The molecular weight excluding hydrogens is 634 g/mol.